The number of nitrogens with one attached hydrogen (secondary N) is 1. The summed E-state index contributed by atoms with van der Waals surface area (Å²) in [5, 5.41) is 3.41. The second-order valence-corrected chi connectivity index (χ2v) is 5.75. The van der Waals surface area contributed by atoms with Crippen LogP contribution in [0.15, 0.2) is 24.3 Å². The summed E-state index contributed by atoms with van der Waals surface area (Å²) in [7, 11) is 2.04. The quantitative estimate of drug-likeness (QED) is 0.902. The van der Waals surface area contributed by atoms with Gasteiger partial charge in [-0.15, -0.1) is 0 Å². The predicted octanol–water partition coefficient (Wildman–Crippen LogP) is 3.21. The topological polar surface area (TPSA) is 15.3 Å². The van der Waals surface area contributed by atoms with Crippen molar-refractivity contribution in [2.45, 2.75) is 45.3 Å². The first-order chi connectivity index (χ1) is 9.04. The van der Waals surface area contributed by atoms with Crippen LogP contribution < -0.4 is 5.32 Å². The van der Waals surface area contributed by atoms with Crippen LogP contribution in [0.5, 0.6) is 0 Å². The summed E-state index contributed by atoms with van der Waals surface area (Å²) < 4.78 is 13.4. The van der Waals surface area contributed by atoms with E-state index < -0.39 is 0 Å². The first-order valence-corrected chi connectivity index (χ1v) is 7.23. The molecule has 4 unspecified atom stereocenters. The predicted molar refractivity (Wildman–Crippen MR) is 77.6 cm³/mol. The number of piperidine rings is 1. The van der Waals surface area contributed by atoms with Crippen molar-refractivity contribution in [1.29, 1.82) is 0 Å². The zero-order valence-corrected chi connectivity index (χ0v) is 12.4. The van der Waals surface area contributed by atoms with Crippen LogP contribution in [-0.2, 0) is 0 Å². The average Bonchev–Trinajstić information content (AvgIpc) is 2.41. The van der Waals surface area contributed by atoms with Gasteiger partial charge in [0.1, 0.15) is 5.82 Å². The van der Waals surface area contributed by atoms with Crippen LogP contribution in [0.4, 0.5) is 4.39 Å². The van der Waals surface area contributed by atoms with Crippen molar-refractivity contribution < 1.29 is 4.39 Å². The molecule has 2 rings (SSSR count). The molecule has 1 saturated heterocycles. The molecule has 1 N–H and O–H groups in total. The molecule has 0 amide bonds. The van der Waals surface area contributed by atoms with E-state index in [-0.39, 0.29) is 11.9 Å². The smallest absolute Gasteiger partial charge is 0.123 e. The summed E-state index contributed by atoms with van der Waals surface area (Å²) in [6.07, 6.45) is 1.15. The summed E-state index contributed by atoms with van der Waals surface area (Å²) >= 11 is 0. The highest BCUT2D eigenvalue weighted by molar-refractivity contribution is 5.20. The van der Waals surface area contributed by atoms with Crippen LogP contribution in [0, 0.1) is 11.7 Å². The SMILES string of the molecule is CNC1CCN(C(C)c2cccc(F)c2)C(C)C1C. The highest BCUT2D eigenvalue weighted by Gasteiger charge is 2.34. The Hall–Kier alpha value is -0.930. The second kappa shape index (κ2) is 6.02. The zero-order valence-electron chi connectivity index (χ0n) is 12.4. The molecular weight excluding hydrogens is 239 g/mol. The Bertz CT molecular complexity index is 421. The van der Waals surface area contributed by atoms with Gasteiger partial charge in [-0.1, -0.05) is 19.1 Å². The molecule has 4 atom stereocenters. The maximum Gasteiger partial charge on any atom is 0.123 e. The lowest BCUT2D eigenvalue weighted by atomic mass is 9.85. The van der Waals surface area contributed by atoms with Gasteiger partial charge >= 0.3 is 0 Å². The van der Waals surface area contributed by atoms with Crippen LogP contribution in [0.1, 0.15) is 38.8 Å². The fraction of sp³-hybridized carbons (Fsp3) is 0.625. The van der Waals surface area contributed by atoms with Gasteiger partial charge in [-0.05, 0) is 50.9 Å². The van der Waals surface area contributed by atoms with Gasteiger partial charge in [-0.2, -0.15) is 0 Å². The molecule has 1 aliphatic heterocycles. The lowest BCUT2D eigenvalue weighted by Gasteiger charge is -2.45. The average molecular weight is 264 g/mol. The Morgan fingerprint density at radius 2 is 2.11 bits per heavy atom. The van der Waals surface area contributed by atoms with E-state index >= 15 is 0 Å². The van der Waals surface area contributed by atoms with Crippen LogP contribution in [-0.4, -0.2) is 30.6 Å². The van der Waals surface area contributed by atoms with Crippen molar-refractivity contribution in [2.24, 2.45) is 5.92 Å². The zero-order chi connectivity index (χ0) is 14.0. The van der Waals surface area contributed by atoms with Gasteiger partial charge in [-0.3, -0.25) is 4.90 Å². The summed E-state index contributed by atoms with van der Waals surface area (Å²) in [5.74, 6) is 0.463. The third-order valence-corrected chi connectivity index (χ3v) is 4.82. The van der Waals surface area contributed by atoms with E-state index in [1.54, 1.807) is 12.1 Å². The Morgan fingerprint density at radius 3 is 2.74 bits per heavy atom. The number of halogens is 1. The Labute approximate surface area is 116 Å². The molecule has 1 heterocycles. The molecule has 1 aromatic rings. The third-order valence-electron chi connectivity index (χ3n) is 4.82. The molecule has 106 valence electrons. The Morgan fingerprint density at radius 1 is 1.37 bits per heavy atom. The minimum Gasteiger partial charge on any atom is -0.317 e. The summed E-state index contributed by atoms with van der Waals surface area (Å²) in [4.78, 5) is 2.49. The van der Waals surface area contributed by atoms with E-state index in [1.165, 1.54) is 6.07 Å². The van der Waals surface area contributed by atoms with Crippen molar-refractivity contribution >= 4 is 0 Å². The summed E-state index contributed by atoms with van der Waals surface area (Å²) in [5.41, 5.74) is 1.07. The standard InChI is InChI=1S/C16H25FN2/c1-11-12(2)19(9-8-16(11)18-4)13(3)14-6-5-7-15(17)10-14/h5-7,10-13,16,18H,8-9H2,1-4H3. The van der Waals surface area contributed by atoms with Crippen molar-refractivity contribution in [3.05, 3.63) is 35.6 Å². The molecule has 19 heavy (non-hydrogen) atoms. The maximum atomic E-state index is 13.4. The molecular formula is C16H25FN2. The number of hydrogen-bond acceptors (Lipinski definition) is 2. The number of benzene rings is 1. The fourth-order valence-corrected chi connectivity index (χ4v) is 3.30. The van der Waals surface area contributed by atoms with Gasteiger partial charge in [0.25, 0.3) is 0 Å². The molecule has 1 fully saturated rings. The van der Waals surface area contributed by atoms with Crippen molar-refractivity contribution in [2.75, 3.05) is 13.6 Å². The summed E-state index contributed by atoms with van der Waals surface area (Å²) in [6, 6.07) is 8.36. The van der Waals surface area contributed by atoms with E-state index in [2.05, 4.69) is 31.0 Å². The van der Waals surface area contributed by atoms with Gasteiger partial charge < -0.3 is 5.32 Å². The second-order valence-electron chi connectivity index (χ2n) is 5.75. The minimum absolute atomic E-state index is 0.143. The molecule has 3 heteroatoms. The van der Waals surface area contributed by atoms with Gasteiger partial charge in [0.15, 0.2) is 0 Å². The Balaban J connectivity index is 2.14. The Kier molecular flexibility index (Phi) is 4.58. The van der Waals surface area contributed by atoms with Crippen molar-refractivity contribution in [3.8, 4) is 0 Å². The van der Waals surface area contributed by atoms with Crippen molar-refractivity contribution in [1.82, 2.24) is 10.2 Å². The number of likely N-dealkylation sites (tertiary alicyclic amines) is 1. The molecule has 1 aromatic carbocycles. The monoisotopic (exact) mass is 264 g/mol. The van der Waals surface area contributed by atoms with Gasteiger partial charge in [-0.25, -0.2) is 4.39 Å². The molecule has 0 bridgehead atoms. The van der Waals surface area contributed by atoms with Crippen LogP contribution >= 0.6 is 0 Å². The first kappa shape index (κ1) is 14.5. The molecule has 2 nitrogen and oxygen atoms in total. The third kappa shape index (κ3) is 2.98. The van der Waals surface area contributed by atoms with Crippen molar-refractivity contribution in [3.63, 3.8) is 0 Å². The largest absolute Gasteiger partial charge is 0.317 e. The fourth-order valence-electron chi connectivity index (χ4n) is 3.30. The van der Waals surface area contributed by atoms with Gasteiger partial charge in [0.2, 0.25) is 0 Å². The van der Waals surface area contributed by atoms with E-state index in [1.807, 2.05) is 13.1 Å². The van der Waals surface area contributed by atoms with E-state index in [0.29, 0.717) is 18.0 Å². The minimum atomic E-state index is -0.143. The highest BCUT2D eigenvalue weighted by Crippen LogP contribution is 2.31. The molecule has 0 aromatic heterocycles. The number of hydrogen-bond donors (Lipinski definition) is 1. The van der Waals surface area contributed by atoms with Crippen LogP contribution in [0.2, 0.25) is 0 Å². The first-order valence-electron chi connectivity index (χ1n) is 7.23. The molecule has 0 spiro atoms. The highest BCUT2D eigenvalue weighted by atomic mass is 19.1. The van der Waals surface area contributed by atoms with E-state index in [0.717, 1.165) is 18.5 Å². The van der Waals surface area contributed by atoms with Crippen LogP contribution in [0.25, 0.3) is 0 Å². The number of rotatable bonds is 3. The summed E-state index contributed by atoms with van der Waals surface area (Å²) in [6.45, 7) is 7.83. The normalized spacial score (nSPS) is 30.3. The molecule has 1 aliphatic rings. The van der Waals surface area contributed by atoms with E-state index in [9.17, 15) is 4.39 Å². The molecule has 0 saturated carbocycles. The maximum absolute atomic E-state index is 13.4. The molecule has 0 radical (unpaired) electrons. The van der Waals surface area contributed by atoms with Gasteiger partial charge in [0.05, 0.1) is 0 Å². The van der Waals surface area contributed by atoms with Crippen LogP contribution in [0.3, 0.4) is 0 Å². The lowest BCUT2D eigenvalue weighted by Crippen LogP contribution is -2.53. The molecule has 0 aliphatic carbocycles. The van der Waals surface area contributed by atoms with Gasteiger partial charge in [0, 0.05) is 24.7 Å². The van der Waals surface area contributed by atoms with E-state index in [4.69, 9.17) is 0 Å². The number of nitrogens with zero attached hydrogens (tertiary/aromatic N) is 1. The lowest BCUT2D eigenvalue weighted by molar-refractivity contribution is 0.0544.